The molecular formula is C21H21ClN2S. The van der Waals surface area contributed by atoms with E-state index in [1.54, 1.807) is 11.3 Å². The second kappa shape index (κ2) is 7.59. The molecule has 0 spiro atoms. The second-order valence-electron chi connectivity index (χ2n) is 6.52. The zero-order chi connectivity index (χ0) is 17.1. The molecule has 4 rings (SSSR count). The Kier molecular flexibility index (Phi) is 5.04. The Labute approximate surface area is 157 Å². The monoisotopic (exact) mass is 368 g/mol. The van der Waals surface area contributed by atoms with Crippen molar-refractivity contribution in [3.05, 3.63) is 69.8 Å². The normalized spacial score (nSPS) is 16.3. The van der Waals surface area contributed by atoms with Crippen LogP contribution in [0.15, 0.2) is 65.0 Å². The average Bonchev–Trinajstić information content (AvgIpc) is 3.07. The molecule has 128 valence electrons. The third-order valence-corrected chi connectivity index (χ3v) is 5.89. The number of hydrogen-bond donors (Lipinski definition) is 0. The van der Waals surface area contributed by atoms with E-state index < -0.39 is 0 Å². The first-order valence-electron chi connectivity index (χ1n) is 8.87. The highest BCUT2D eigenvalue weighted by Gasteiger charge is 2.20. The number of benzene rings is 2. The number of hydrogen-bond acceptors (Lipinski definition) is 2. The highest BCUT2D eigenvalue weighted by molar-refractivity contribution is 7.07. The zero-order valence-corrected chi connectivity index (χ0v) is 15.6. The maximum Gasteiger partial charge on any atom is 0.190 e. The summed E-state index contributed by atoms with van der Waals surface area (Å²) >= 11 is 7.80. The van der Waals surface area contributed by atoms with Gasteiger partial charge < -0.3 is 4.57 Å². The highest BCUT2D eigenvalue weighted by Crippen LogP contribution is 2.32. The van der Waals surface area contributed by atoms with Crippen LogP contribution in [-0.4, -0.2) is 4.57 Å². The molecule has 1 aromatic heterocycles. The zero-order valence-electron chi connectivity index (χ0n) is 14.1. The van der Waals surface area contributed by atoms with Crippen LogP contribution in [0.2, 0.25) is 5.02 Å². The van der Waals surface area contributed by atoms with Gasteiger partial charge in [-0.2, -0.15) is 0 Å². The van der Waals surface area contributed by atoms with E-state index in [1.807, 2.05) is 30.3 Å². The first kappa shape index (κ1) is 16.6. The summed E-state index contributed by atoms with van der Waals surface area (Å²) in [6.07, 6.45) is 6.43. The molecule has 0 amide bonds. The summed E-state index contributed by atoms with van der Waals surface area (Å²) < 4.78 is 2.46. The van der Waals surface area contributed by atoms with Crippen LogP contribution in [0.5, 0.6) is 0 Å². The third kappa shape index (κ3) is 3.73. The molecule has 1 fully saturated rings. The van der Waals surface area contributed by atoms with Crippen LogP contribution >= 0.6 is 22.9 Å². The number of aromatic nitrogens is 1. The largest absolute Gasteiger partial charge is 0.313 e. The quantitative estimate of drug-likeness (QED) is 0.495. The summed E-state index contributed by atoms with van der Waals surface area (Å²) in [7, 11) is 0. The highest BCUT2D eigenvalue weighted by atomic mass is 35.5. The number of thiazole rings is 1. The summed E-state index contributed by atoms with van der Waals surface area (Å²) in [6, 6.07) is 18.9. The summed E-state index contributed by atoms with van der Waals surface area (Å²) in [5.41, 5.74) is 3.47. The minimum atomic E-state index is 0.535. The van der Waals surface area contributed by atoms with Gasteiger partial charge >= 0.3 is 0 Å². The van der Waals surface area contributed by atoms with Gasteiger partial charge in [-0.15, -0.1) is 11.3 Å². The maximum absolute atomic E-state index is 6.08. The van der Waals surface area contributed by atoms with Crippen LogP contribution in [-0.2, 0) is 0 Å². The lowest BCUT2D eigenvalue weighted by atomic mass is 9.95. The fourth-order valence-corrected chi connectivity index (χ4v) is 4.65. The molecule has 1 aliphatic rings. The van der Waals surface area contributed by atoms with E-state index in [0.717, 1.165) is 15.5 Å². The predicted molar refractivity (Wildman–Crippen MR) is 107 cm³/mol. The van der Waals surface area contributed by atoms with Gasteiger partial charge in [0.25, 0.3) is 0 Å². The average molecular weight is 369 g/mol. The van der Waals surface area contributed by atoms with Crippen molar-refractivity contribution in [1.82, 2.24) is 4.57 Å². The number of rotatable bonds is 3. The second-order valence-corrected chi connectivity index (χ2v) is 7.79. The van der Waals surface area contributed by atoms with Crippen LogP contribution in [0.1, 0.15) is 38.1 Å². The summed E-state index contributed by atoms with van der Waals surface area (Å²) in [4.78, 5) is 6.02. The molecule has 3 aromatic rings. The van der Waals surface area contributed by atoms with Crippen molar-refractivity contribution < 1.29 is 0 Å². The van der Waals surface area contributed by atoms with Gasteiger partial charge in [0.1, 0.15) is 0 Å². The molecule has 0 N–H and O–H groups in total. The van der Waals surface area contributed by atoms with Gasteiger partial charge in [0.2, 0.25) is 0 Å². The lowest BCUT2D eigenvalue weighted by Crippen LogP contribution is -2.23. The first-order valence-corrected chi connectivity index (χ1v) is 10.1. The molecule has 25 heavy (non-hydrogen) atoms. The van der Waals surface area contributed by atoms with E-state index in [4.69, 9.17) is 16.6 Å². The number of nitrogens with zero attached hydrogens (tertiary/aromatic N) is 2. The third-order valence-electron chi connectivity index (χ3n) is 4.80. The molecule has 0 bridgehead atoms. The Hall–Kier alpha value is -1.84. The molecule has 0 radical (unpaired) electrons. The molecule has 0 aliphatic heterocycles. The van der Waals surface area contributed by atoms with Gasteiger partial charge in [-0.25, -0.2) is 4.99 Å². The van der Waals surface area contributed by atoms with Gasteiger partial charge in [-0.05, 0) is 42.7 Å². The van der Waals surface area contributed by atoms with E-state index >= 15 is 0 Å². The van der Waals surface area contributed by atoms with Gasteiger partial charge in [-0.3, -0.25) is 0 Å². The van der Waals surface area contributed by atoms with Crippen molar-refractivity contribution in [2.45, 2.75) is 38.1 Å². The van der Waals surface area contributed by atoms with Gasteiger partial charge in [-0.1, -0.05) is 61.2 Å². The molecular weight excluding hydrogens is 348 g/mol. The molecule has 0 unspecified atom stereocenters. The van der Waals surface area contributed by atoms with Crippen molar-refractivity contribution in [3.63, 3.8) is 0 Å². The van der Waals surface area contributed by atoms with Gasteiger partial charge in [0.05, 0.1) is 11.4 Å². The molecule has 1 heterocycles. The molecule has 0 atom stereocenters. The fourth-order valence-electron chi connectivity index (χ4n) is 3.54. The van der Waals surface area contributed by atoms with Crippen molar-refractivity contribution in [3.8, 4) is 11.3 Å². The van der Waals surface area contributed by atoms with Gasteiger partial charge in [0.15, 0.2) is 4.80 Å². The minimum absolute atomic E-state index is 0.535. The fraction of sp³-hybridized carbons (Fsp3) is 0.286. The molecule has 2 nitrogen and oxygen atoms in total. The lowest BCUT2D eigenvalue weighted by Gasteiger charge is -2.25. The molecule has 4 heteroatoms. The minimum Gasteiger partial charge on any atom is -0.313 e. The Morgan fingerprint density at radius 2 is 1.64 bits per heavy atom. The maximum atomic E-state index is 6.08. The van der Waals surface area contributed by atoms with Crippen molar-refractivity contribution in [2.24, 2.45) is 4.99 Å². The van der Waals surface area contributed by atoms with Crippen molar-refractivity contribution in [2.75, 3.05) is 0 Å². The standard InChI is InChI=1S/C21H21ClN2S/c22-17-13-11-16(12-14-17)20-15-25-21(23-18-7-3-1-4-8-18)24(20)19-9-5-2-6-10-19/h1,3-4,7-8,11-15,19H,2,5-6,9-10H2. The van der Waals surface area contributed by atoms with Crippen molar-refractivity contribution >= 4 is 28.6 Å². The lowest BCUT2D eigenvalue weighted by molar-refractivity contribution is 0.351. The molecule has 1 saturated carbocycles. The first-order chi connectivity index (χ1) is 12.3. The Balaban J connectivity index is 1.84. The SMILES string of the molecule is Clc1ccc(-c2csc(=Nc3ccccc3)n2C2CCCCC2)cc1. The molecule has 1 aliphatic carbocycles. The van der Waals surface area contributed by atoms with Crippen molar-refractivity contribution in [1.29, 1.82) is 0 Å². The van der Waals surface area contributed by atoms with Crippen LogP contribution in [0.3, 0.4) is 0 Å². The summed E-state index contributed by atoms with van der Waals surface area (Å²) in [5, 5.41) is 3.01. The Bertz CT molecular complexity index is 888. The topological polar surface area (TPSA) is 17.3 Å². The summed E-state index contributed by atoms with van der Waals surface area (Å²) in [6.45, 7) is 0. The summed E-state index contributed by atoms with van der Waals surface area (Å²) in [5.74, 6) is 0. The predicted octanol–water partition coefficient (Wildman–Crippen LogP) is 6.61. The molecule has 2 aromatic carbocycles. The smallest absolute Gasteiger partial charge is 0.190 e. The Morgan fingerprint density at radius 1 is 0.920 bits per heavy atom. The van der Waals surface area contributed by atoms with Crippen LogP contribution < -0.4 is 4.80 Å². The van der Waals surface area contributed by atoms with Crippen LogP contribution in [0.25, 0.3) is 11.3 Å². The van der Waals surface area contributed by atoms with E-state index in [-0.39, 0.29) is 0 Å². The van der Waals surface area contributed by atoms with E-state index in [0.29, 0.717) is 6.04 Å². The van der Waals surface area contributed by atoms with Crippen LogP contribution in [0.4, 0.5) is 5.69 Å². The van der Waals surface area contributed by atoms with E-state index in [2.05, 4.69) is 34.2 Å². The molecule has 0 saturated heterocycles. The van der Waals surface area contributed by atoms with Gasteiger partial charge in [0, 0.05) is 16.4 Å². The number of para-hydroxylation sites is 1. The van der Waals surface area contributed by atoms with E-state index in [1.165, 1.54) is 43.4 Å². The van der Waals surface area contributed by atoms with E-state index in [9.17, 15) is 0 Å². The number of halogens is 1. The Morgan fingerprint density at radius 3 is 2.36 bits per heavy atom. The van der Waals surface area contributed by atoms with Crippen LogP contribution in [0, 0.1) is 0 Å².